The van der Waals surface area contributed by atoms with Gasteiger partial charge >= 0.3 is 0 Å². The third kappa shape index (κ3) is 4.02. The molecule has 3 aromatic rings. The maximum absolute atomic E-state index is 13.4. The Bertz CT molecular complexity index is 1080. The molecule has 4 rings (SSSR count). The number of hydrogen-bond acceptors (Lipinski definition) is 5. The van der Waals surface area contributed by atoms with E-state index in [1.165, 1.54) is 0 Å². The number of nitrogens with zero attached hydrogens (tertiary/aromatic N) is 4. The van der Waals surface area contributed by atoms with E-state index in [9.17, 15) is 4.79 Å². The first-order valence-corrected chi connectivity index (χ1v) is 10.1. The van der Waals surface area contributed by atoms with Crippen molar-refractivity contribution in [1.29, 1.82) is 0 Å². The number of hydrogen-bond donors (Lipinski definition) is 1. The minimum atomic E-state index is -0.116. The number of methoxy groups -OCH3 is 1. The Morgan fingerprint density at radius 2 is 1.67 bits per heavy atom. The average molecular weight is 406 g/mol. The van der Waals surface area contributed by atoms with Crippen LogP contribution in [0.1, 0.15) is 12.5 Å². The molecule has 0 unspecified atom stereocenters. The van der Waals surface area contributed by atoms with Gasteiger partial charge in [-0.2, -0.15) is 5.10 Å². The second-order valence-electron chi connectivity index (χ2n) is 7.51. The highest BCUT2D eigenvalue weighted by atomic mass is 16.5. The van der Waals surface area contributed by atoms with E-state index in [1.54, 1.807) is 11.8 Å². The van der Waals surface area contributed by atoms with E-state index in [-0.39, 0.29) is 5.56 Å². The molecule has 0 saturated carbocycles. The molecule has 2 aromatic carbocycles. The maximum Gasteiger partial charge on any atom is 0.281 e. The van der Waals surface area contributed by atoms with E-state index in [2.05, 4.69) is 17.0 Å². The molecular formula is C23H27N5O2. The molecule has 0 bridgehead atoms. The normalized spacial score (nSPS) is 15.4. The second-order valence-corrected chi connectivity index (χ2v) is 7.51. The molecule has 1 aliphatic heterocycles. The molecule has 1 aliphatic rings. The van der Waals surface area contributed by atoms with Crippen LogP contribution in [0.25, 0.3) is 16.9 Å². The zero-order valence-corrected chi connectivity index (χ0v) is 17.6. The first-order valence-electron chi connectivity index (χ1n) is 10.1. The summed E-state index contributed by atoms with van der Waals surface area (Å²) in [5, 5.41) is 10.1. The third-order valence-corrected chi connectivity index (χ3v) is 5.42. The molecule has 2 heterocycles. The smallest absolute Gasteiger partial charge is 0.281 e. The Balaban J connectivity index is 1.79. The van der Waals surface area contributed by atoms with Crippen LogP contribution in [0, 0.1) is 0 Å². The lowest BCUT2D eigenvalue weighted by Crippen LogP contribution is -2.42. The number of rotatable bonds is 5. The van der Waals surface area contributed by atoms with E-state index >= 15 is 0 Å². The summed E-state index contributed by atoms with van der Waals surface area (Å²) in [6, 6.07) is 17.3. The number of hydrazone groups is 1. The Labute approximate surface area is 176 Å². The summed E-state index contributed by atoms with van der Waals surface area (Å²) in [7, 11) is 3.74. The van der Waals surface area contributed by atoms with Crippen LogP contribution < -0.4 is 10.3 Å². The minimum Gasteiger partial charge on any atom is -0.497 e. The van der Waals surface area contributed by atoms with Crippen LogP contribution >= 0.6 is 0 Å². The van der Waals surface area contributed by atoms with E-state index in [4.69, 9.17) is 9.84 Å². The lowest BCUT2D eigenvalue weighted by atomic mass is 10.1. The van der Waals surface area contributed by atoms with Crippen molar-refractivity contribution in [3.8, 4) is 22.7 Å². The number of H-pyrrole nitrogens is 1. The number of likely N-dealkylation sites (N-methyl/N-ethyl adjacent to an activating group) is 1. The predicted molar refractivity (Wildman–Crippen MR) is 120 cm³/mol. The quantitative estimate of drug-likeness (QED) is 0.663. The third-order valence-electron chi connectivity index (χ3n) is 5.42. The van der Waals surface area contributed by atoms with Gasteiger partial charge < -0.3 is 9.64 Å². The van der Waals surface area contributed by atoms with Crippen LogP contribution in [0.4, 0.5) is 0 Å². The zero-order chi connectivity index (χ0) is 21.1. The molecule has 1 saturated heterocycles. The van der Waals surface area contributed by atoms with Gasteiger partial charge in [0.25, 0.3) is 5.56 Å². The molecule has 156 valence electrons. The fourth-order valence-electron chi connectivity index (χ4n) is 3.66. The molecule has 1 fully saturated rings. The first kappa shape index (κ1) is 20.0. The summed E-state index contributed by atoms with van der Waals surface area (Å²) >= 11 is 0. The van der Waals surface area contributed by atoms with Gasteiger partial charge in [0, 0.05) is 31.7 Å². The summed E-state index contributed by atoms with van der Waals surface area (Å²) in [6.07, 6.45) is 0. The second kappa shape index (κ2) is 8.59. The van der Waals surface area contributed by atoms with Gasteiger partial charge in [0.05, 0.1) is 29.8 Å². The number of aromatic nitrogens is 2. The minimum absolute atomic E-state index is 0.116. The zero-order valence-electron chi connectivity index (χ0n) is 17.6. The number of benzene rings is 2. The van der Waals surface area contributed by atoms with Gasteiger partial charge in [0.1, 0.15) is 5.75 Å². The molecule has 7 heteroatoms. The van der Waals surface area contributed by atoms with E-state index < -0.39 is 0 Å². The van der Waals surface area contributed by atoms with Crippen molar-refractivity contribution >= 4 is 5.71 Å². The van der Waals surface area contributed by atoms with Crippen LogP contribution in [0.2, 0.25) is 0 Å². The van der Waals surface area contributed by atoms with Gasteiger partial charge in [-0.15, -0.1) is 0 Å². The first-order chi connectivity index (χ1) is 14.6. The van der Waals surface area contributed by atoms with E-state index in [1.807, 2.05) is 66.5 Å². The maximum atomic E-state index is 13.4. The largest absolute Gasteiger partial charge is 0.497 e. The van der Waals surface area contributed by atoms with E-state index in [0.717, 1.165) is 48.9 Å². The molecule has 1 aromatic heterocycles. The van der Waals surface area contributed by atoms with Crippen LogP contribution in [0.15, 0.2) is 64.5 Å². The highest BCUT2D eigenvalue weighted by molar-refractivity contribution is 6.03. The van der Waals surface area contributed by atoms with Crippen molar-refractivity contribution in [3.63, 3.8) is 0 Å². The van der Waals surface area contributed by atoms with Crippen LogP contribution in [0.3, 0.4) is 0 Å². The highest BCUT2D eigenvalue weighted by Crippen LogP contribution is 2.22. The standard InChI is InChI=1S/C23H27N5O2/c1-17(24-27-15-13-26(2)14-16-27)21-22(18-7-5-4-6-8-18)25-28(23(21)29)19-9-11-20(30-3)12-10-19/h4-12,25H,13-16H2,1-3H3/b24-17+. The van der Waals surface area contributed by atoms with Gasteiger partial charge in [-0.3, -0.25) is 14.9 Å². The van der Waals surface area contributed by atoms with Gasteiger partial charge in [-0.25, -0.2) is 4.68 Å². The summed E-state index contributed by atoms with van der Waals surface area (Å²) in [4.78, 5) is 15.7. The van der Waals surface area contributed by atoms with Crippen molar-refractivity contribution in [2.45, 2.75) is 6.92 Å². The van der Waals surface area contributed by atoms with E-state index in [0.29, 0.717) is 11.3 Å². The molecular weight excluding hydrogens is 378 g/mol. The van der Waals surface area contributed by atoms with Crippen molar-refractivity contribution in [2.24, 2.45) is 5.10 Å². The number of aromatic amines is 1. The summed E-state index contributed by atoms with van der Waals surface area (Å²) in [5.41, 5.74) is 3.66. The predicted octanol–water partition coefficient (Wildman–Crippen LogP) is 2.81. The molecule has 30 heavy (non-hydrogen) atoms. The molecule has 0 spiro atoms. The van der Waals surface area contributed by atoms with Crippen LogP contribution in [-0.2, 0) is 0 Å². The molecule has 1 N–H and O–H groups in total. The number of ether oxygens (including phenoxy) is 1. The summed E-state index contributed by atoms with van der Waals surface area (Å²) in [5.74, 6) is 0.745. The lowest BCUT2D eigenvalue weighted by molar-refractivity contribution is 0.159. The van der Waals surface area contributed by atoms with Crippen molar-refractivity contribution in [2.75, 3.05) is 40.3 Å². The van der Waals surface area contributed by atoms with Gasteiger partial charge in [-0.05, 0) is 38.2 Å². The average Bonchev–Trinajstić information content (AvgIpc) is 3.13. The lowest BCUT2D eigenvalue weighted by Gasteiger charge is -2.30. The Hall–Kier alpha value is -3.32. The van der Waals surface area contributed by atoms with Crippen LogP contribution in [0.5, 0.6) is 5.75 Å². The van der Waals surface area contributed by atoms with Crippen molar-refractivity contribution in [1.82, 2.24) is 19.7 Å². The number of piperazine rings is 1. The molecule has 0 amide bonds. The SMILES string of the molecule is COc1ccc(-n2[nH]c(-c3ccccc3)c(/C(C)=N/N3CCN(C)CC3)c2=O)cc1. The molecule has 0 atom stereocenters. The molecule has 0 aliphatic carbocycles. The van der Waals surface area contributed by atoms with Gasteiger partial charge in [0.15, 0.2) is 0 Å². The molecule has 0 radical (unpaired) electrons. The summed E-state index contributed by atoms with van der Waals surface area (Å²) < 4.78 is 6.81. The van der Waals surface area contributed by atoms with Crippen LogP contribution in [-0.4, -0.2) is 65.7 Å². The highest BCUT2D eigenvalue weighted by Gasteiger charge is 2.21. The molecule has 7 nitrogen and oxygen atoms in total. The summed E-state index contributed by atoms with van der Waals surface area (Å²) in [6.45, 7) is 5.54. The monoisotopic (exact) mass is 405 g/mol. The Morgan fingerprint density at radius 1 is 1.00 bits per heavy atom. The Morgan fingerprint density at radius 3 is 2.30 bits per heavy atom. The van der Waals surface area contributed by atoms with Gasteiger partial charge in [0.2, 0.25) is 0 Å². The van der Waals surface area contributed by atoms with Crippen molar-refractivity contribution in [3.05, 3.63) is 70.5 Å². The Kier molecular flexibility index (Phi) is 5.72. The topological polar surface area (TPSA) is 65.9 Å². The van der Waals surface area contributed by atoms with Crippen molar-refractivity contribution < 1.29 is 4.74 Å². The van der Waals surface area contributed by atoms with Gasteiger partial charge in [-0.1, -0.05) is 30.3 Å². The number of nitrogens with one attached hydrogen (secondary N) is 1. The fraction of sp³-hybridized carbons (Fsp3) is 0.304. The fourth-order valence-corrected chi connectivity index (χ4v) is 3.66.